The van der Waals surface area contributed by atoms with Gasteiger partial charge in [0.05, 0.1) is 5.03 Å². The van der Waals surface area contributed by atoms with Crippen molar-refractivity contribution in [3.63, 3.8) is 0 Å². The Bertz CT molecular complexity index is 1580. The molecule has 1 aromatic heterocycles. The van der Waals surface area contributed by atoms with Crippen LogP contribution in [0.2, 0.25) is 0 Å². The van der Waals surface area contributed by atoms with Gasteiger partial charge in [-0.3, -0.25) is 9.59 Å². The van der Waals surface area contributed by atoms with E-state index in [4.69, 9.17) is 23.8 Å². The molecule has 174 valence electrons. The van der Waals surface area contributed by atoms with E-state index in [0.717, 1.165) is 34.8 Å². The molecule has 1 aliphatic rings. The Hall–Kier alpha value is -3.34. The maximum atomic E-state index is 13.5. The molecule has 0 N–H and O–H groups in total. The monoisotopic (exact) mass is 497 g/mol. The molecule has 0 saturated carbocycles. The molecule has 1 atom stereocenters. The van der Waals surface area contributed by atoms with E-state index in [9.17, 15) is 9.59 Å². The molecule has 0 amide bonds. The smallest absolute Gasteiger partial charge is 0.194 e. The molecule has 0 fully saturated rings. The van der Waals surface area contributed by atoms with Crippen LogP contribution in [0.4, 0.5) is 0 Å². The van der Waals surface area contributed by atoms with Crippen molar-refractivity contribution < 1.29 is 9.59 Å². The van der Waals surface area contributed by atoms with Crippen LogP contribution in [0.1, 0.15) is 40.1 Å². The highest BCUT2D eigenvalue weighted by atomic mass is 35.5. The molecule has 4 aromatic rings. The van der Waals surface area contributed by atoms with Crippen LogP contribution < -0.4 is 0 Å². The Kier molecular flexibility index (Phi) is 6.26. The number of Topliss-reactive ketones (excluding diaryl/α,β-unsaturated/α-hetero) is 2. The van der Waals surface area contributed by atoms with Gasteiger partial charge in [0.25, 0.3) is 0 Å². The van der Waals surface area contributed by atoms with Gasteiger partial charge in [-0.2, -0.15) is 0 Å². The van der Waals surface area contributed by atoms with Gasteiger partial charge in [0, 0.05) is 55.8 Å². The summed E-state index contributed by atoms with van der Waals surface area (Å²) in [5.41, 5.74) is 4.85. The Labute approximate surface area is 214 Å². The maximum absolute atomic E-state index is 13.5. The van der Waals surface area contributed by atoms with Crippen molar-refractivity contribution >= 4 is 62.1 Å². The molecule has 0 saturated heterocycles. The predicted octanol–water partition coefficient (Wildman–Crippen LogP) is 7.49. The van der Waals surface area contributed by atoms with Crippen molar-refractivity contribution in [1.82, 2.24) is 4.57 Å². The van der Waals surface area contributed by atoms with Gasteiger partial charge in [-0.15, -0.1) is 0 Å². The Morgan fingerprint density at radius 1 is 0.943 bits per heavy atom. The van der Waals surface area contributed by atoms with Gasteiger partial charge in [-0.1, -0.05) is 66.3 Å². The van der Waals surface area contributed by atoms with Gasteiger partial charge in [0.2, 0.25) is 0 Å². The average Bonchev–Trinajstić information content (AvgIpc) is 3.19. The van der Waals surface area contributed by atoms with E-state index in [0.29, 0.717) is 26.6 Å². The fraction of sp³-hybridized carbons (Fsp3) is 0.167. The van der Waals surface area contributed by atoms with Gasteiger partial charge in [-0.05, 0) is 62.2 Å². The van der Waals surface area contributed by atoms with Crippen LogP contribution in [0.15, 0.2) is 89.5 Å². The fourth-order valence-electron chi connectivity index (χ4n) is 4.83. The Morgan fingerprint density at radius 3 is 2.20 bits per heavy atom. The number of thiocarbonyl (C=S) groups is 1. The number of aryl methyl sites for hydroxylation is 1. The molecule has 5 heteroatoms. The summed E-state index contributed by atoms with van der Waals surface area (Å²) in [5, 5.41) is 2.25. The third-order valence-electron chi connectivity index (χ3n) is 6.68. The zero-order valence-electron chi connectivity index (χ0n) is 19.5. The summed E-state index contributed by atoms with van der Waals surface area (Å²) >= 11 is 12.3. The standard InChI is InChI=1S/C30H24ClNO2S/c1-3-32-26-13-10-20(18(2)33)16-24(26)25-17-21(11-14-27(25)32)29(34)23-12-9-22(30(35)28(23)31)15-19-7-5-4-6-8-19/h4-14,16-17,22H,3,15H2,1-2H3. The first-order valence-electron chi connectivity index (χ1n) is 11.7. The average molecular weight is 498 g/mol. The number of rotatable bonds is 6. The van der Waals surface area contributed by atoms with Gasteiger partial charge in [0.15, 0.2) is 11.6 Å². The highest BCUT2D eigenvalue weighted by Gasteiger charge is 2.26. The molecule has 0 spiro atoms. The number of nitrogens with zero attached hydrogens (tertiary/aromatic N) is 1. The second kappa shape index (κ2) is 9.37. The van der Waals surface area contributed by atoms with Gasteiger partial charge < -0.3 is 4.57 Å². The molecule has 5 rings (SSSR count). The van der Waals surface area contributed by atoms with Crippen LogP contribution in [0.3, 0.4) is 0 Å². The number of carbonyl (C=O) groups excluding carboxylic acids is 2. The molecule has 1 aliphatic carbocycles. The second-order valence-electron chi connectivity index (χ2n) is 8.84. The number of allylic oxidation sites excluding steroid dienone is 4. The SMILES string of the molecule is CCn1c2ccc(C(C)=O)cc2c2cc(C(=O)C3=C(Cl)C(=S)C(Cc4ccccc4)C=C3)ccc21. The van der Waals surface area contributed by atoms with Gasteiger partial charge >= 0.3 is 0 Å². The molecular weight excluding hydrogens is 474 g/mol. The van der Waals surface area contributed by atoms with Crippen molar-refractivity contribution in [3.05, 3.63) is 106 Å². The van der Waals surface area contributed by atoms with Crippen LogP contribution in [-0.4, -0.2) is 21.0 Å². The van der Waals surface area contributed by atoms with Crippen LogP contribution in [0, 0.1) is 5.92 Å². The zero-order valence-corrected chi connectivity index (χ0v) is 21.1. The van der Waals surface area contributed by atoms with Crippen LogP contribution in [-0.2, 0) is 13.0 Å². The van der Waals surface area contributed by atoms with E-state index in [2.05, 4.69) is 23.6 Å². The number of aromatic nitrogens is 1. The Balaban J connectivity index is 1.53. The van der Waals surface area contributed by atoms with E-state index >= 15 is 0 Å². The summed E-state index contributed by atoms with van der Waals surface area (Å²) in [4.78, 5) is 26.1. The fourth-order valence-corrected chi connectivity index (χ4v) is 5.39. The molecule has 1 unspecified atom stereocenters. The number of hydrogen-bond donors (Lipinski definition) is 0. The lowest BCUT2D eigenvalue weighted by atomic mass is 9.88. The number of halogens is 1. The molecule has 0 bridgehead atoms. The van der Waals surface area contributed by atoms with Crippen molar-refractivity contribution in [1.29, 1.82) is 0 Å². The minimum atomic E-state index is -0.159. The minimum Gasteiger partial charge on any atom is -0.341 e. The summed E-state index contributed by atoms with van der Waals surface area (Å²) in [6.45, 7) is 4.43. The molecule has 0 aliphatic heterocycles. The van der Waals surface area contributed by atoms with Crippen molar-refractivity contribution in [2.24, 2.45) is 5.92 Å². The van der Waals surface area contributed by atoms with Gasteiger partial charge in [-0.25, -0.2) is 0 Å². The minimum absolute atomic E-state index is 0.0133. The summed E-state index contributed by atoms with van der Waals surface area (Å²) in [6, 6.07) is 21.6. The van der Waals surface area contributed by atoms with Crippen molar-refractivity contribution in [3.8, 4) is 0 Å². The highest BCUT2D eigenvalue weighted by Crippen LogP contribution is 2.33. The summed E-state index contributed by atoms with van der Waals surface area (Å²) < 4.78 is 2.19. The van der Waals surface area contributed by atoms with Gasteiger partial charge in [0.1, 0.15) is 0 Å². The van der Waals surface area contributed by atoms with E-state index in [1.165, 1.54) is 5.56 Å². The molecule has 35 heavy (non-hydrogen) atoms. The first-order valence-corrected chi connectivity index (χ1v) is 12.5. The van der Waals surface area contributed by atoms with E-state index in [1.807, 2.05) is 60.7 Å². The van der Waals surface area contributed by atoms with Crippen molar-refractivity contribution in [2.45, 2.75) is 26.8 Å². The topological polar surface area (TPSA) is 39.1 Å². The number of ketones is 2. The third kappa shape index (κ3) is 4.18. The lowest BCUT2D eigenvalue weighted by Gasteiger charge is -2.20. The number of benzene rings is 3. The maximum Gasteiger partial charge on any atom is 0.194 e. The summed E-state index contributed by atoms with van der Waals surface area (Å²) in [5.74, 6) is -0.167. The van der Waals surface area contributed by atoms with E-state index in [-0.39, 0.29) is 17.5 Å². The molecular formula is C30H24ClNO2S. The lowest BCUT2D eigenvalue weighted by molar-refractivity contribution is 0.101. The van der Waals surface area contributed by atoms with Crippen LogP contribution in [0.5, 0.6) is 0 Å². The first-order chi connectivity index (χ1) is 16.9. The summed E-state index contributed by atoms with van der Waals surface area (Å²) in [7, 11) is 0. The largest absolute Gasteiger partial charge is 0.341 e. The quantitative estimate of drug-likeness (QED) is 0.204. The van der Waals surface area contributed by atoms with Crippen LogP contribution >= 0.6 is 23.8 Å². The van der Waals surface area contributed by atoms with E-state index < -0.39 is 0 Å². The predicted molar refractivity (Wildman–Crippen MR) is 148 cm³/mol. The van der Waals surface area contributed by atoms with Crippen LogP contribution in [0.25, 0.3) is 21.8 Å². The summed E-state index contributed by atoms with van der Waals surface area (Å²) in [6.07, 6.45) is 4.53. The normalized spacial score (nSPS) is 15.9. The highest BCUT2D eigenvalue weighted by molar-refractivity contribution is 7.81. The van der Waals surface area contributed by atoms with E-state index in [1.54, 1.807) is 13.0 Å². The first kappa shape index (κ1) is 23.4. The lowest BCUT2D eigenvalue weighted by Crippen LogP contribution is -2.20. The second-order valence-corrected chi connectivity index (χ2v) is 9.66. The third-order valence-corrected chi connectivity index (χ3v) is 7.70. The van der Waals surface area contributed by atoms with Crippen molar-refractivity contribution in [2.75, 3.05) is 0 Å². The molecule has 0 radical (unpaired) electrons. The number of carbonyl (C=O) groups is 2. The zero-order chi connectivity index (χ0) is 24.7. The Morgan fingerprint density at radius 2 is 1.57 bits per heavy atom. The molecule has 3 aromatic carbocycles. The molecule has 1 heterocycles. The molecule has 3 nitrogen and oxygen atoms in total. The number of fused-ring (bicyclic) bond motifs is 3. The number of hydrogen-bond acceptors (Lipinski definition) is 3.